The fraction of sp³-hybridized carbons (Fsp3) is 0.200. The number of pyridine rings is 1. The van der Waals surface area contributed by atoms with Crippen LogP contribution in [0, 0.1) is 0 Å². The number of carbonyl (C=O) groups is 1. The van der Waals surface area contributed by atoms with Crippen molar-refractivity contribution in [3.05, 3.63) is 57.9 Å². The topological polar surface area (TPSA) is 95.3 Å². The van der Waals surface area contributed by atoms with Crippen LogP contribution in [0.2, 0.25) is 0 Å². The maximum atomic E-state index is 13.0. The monoisotopic (exact) mass is 442 g/mol. The summed E-state index contributed by atoms with van der Waals surface area (Å²) < 4.78 is 11.8. The zero-order valence-corrected chi connectivity index (χ0v) is 17.7. The number of rotatable bonds is 8. The Kier molecular flexibility index (Phi) is 6.17. The highest BCUT2D eigenvalue weighted by molar-refractivity contribution is 7.18. The van der Waals surface area contributed by atoms with Crippen LogP contribution in [0.5, 0.6) is 5.88 Å². The van der Waals surface area contributed by atoms with Crippen LogP contribution in [0.3, 0.4) is 0 Å². The molecule has 4 aromatic heterocycles. The molecular formula is C20H18N4O4S2. The third-order valence-electron chi connectivity index (χ3n) is 4.23. The number of ether oxygens (including phenoxy) is 2. The molecule has 4 heterocycles. The van der Waals surface area contributed by atoms with E-state index in [0.717, 1.165) is 10.4 Å². The number of aromatic nitrogens is 3. The van der Waals surface area contributed by atoms with Gasteiger partial charge in [0.1, 0.15) is 23.7 Å². The molecule has 0 radical (unpaired) electrons. The van der Waals surface area contributed by atoms with Crippen molar-refractivity contribution >= 4 is 44.5 Å². The van der Waals surface area contributed by atoms with Gasteiger partial charge in [-0.15, -0.1) is 22.7 Å². The Hall–Kier alpha value is -3.08. The number of hydrogen-bond donors (Lipinski definition) is 1. The molecule has 154 valence electrons. The summed E-state index contributed by atoms with van der Waals surface area (Å²) in [6, 6.07) is 7.28. The molecule has 0 fully saturated rings. The van der Waals surface area contributed by atoms with Crippen LogP contribution in [0.4, 0.5) is 5.69 Å². The Labute approximate surface area is 179 Å². The molecule has 0 unspecified atom stereocenters. The van der Waals surface area contributed by atoms with E-state index in [9.17, 15) is 9.59 Å². The van der Waals surface area contributed by atoms with Crippen molar-refractivity contribution in [3.63, 3.8) is 0 Å². The van der Waals surface area contributed by atoms with Crippen LogP contribution in [-0.2, 0) is 16.1 Å². The molecule has 1 N–H and O–H groups in total. The highest BCUT2D eigenvalue weighted by atomic mass is 32.1. The summed E-state index contributed by atoms with van der Waals surface area (Å²) in [5.74, 6) is -0.0858. The molecular weight excluding hydrogens is 424 g/mol. The smallest absolute Gasteiger partial charge is 0.263 e. The van der Waals surface area contributed by atoms with Crippen molar-refractivity contribution in [2.45, 2.75) is 6.54 Å². The SMILES string of the molecule is COCCOc1ncccc1NC(=O)Cn1cnc2scc(-c3cccs3)c2c1=O. The number of anilines is 1. The van der Waals surface area contributed by atoms with Gasteiger partial charge in [0.15, 0.2) is 0 Å². The number of nitrogens with zero attached hydrogens (tertiary/aromatic N) is 3. The minimum Gasteiger partial charge on any atom is -0.474 e. The third kappa shape index (κ3) is 4.25. The predicted octanol–water partition coefficient (Wildman–Crippen LogP) is 3.25. The van der Waals surface area contributed by atoms with E-state index in [0.29, 0.717) is 35.0 Å². The van der Waals surface area contributed by atoms with Crippen LogP contribution < -0.4 is 15.6 Å². The number of fused-ring (bicyclic) bond motifs is 1. The summed E-state index contributed by atoms with van der Waals surface area (Å²) >= 11 is 2.97. The van der Waals surface area contributed by atoms with Crippen molar-refractivity contribution in [3.8, 4) is 16.3 Å². The van der Waals surface area contributed by atoms with E-state index in [1.165, 1.54) is 22.2 Å². The molecule has 0 aliphatic heterocycles. The number of hydrogen-bond acceptors (Lipinski definition) is 8. The quantitative estimate of drug-likeness (QED) is 0.421. The van der Waals surface area contributed by atoms with E-state index in [1.54, 1.807) is 36.8 Å². The number of nitrogens with one attached hydrogen (secondary N) is 1. The second-order valence-electron chi connectivity index (χ2n) is 6.23. The van der Waals surface area contributed by atoms with Gasteiger partial charge in [-0.2, -0.15) is 0 Å². The largest absolute Gasteiger partial charge is 0.474 e. The molecule has 0 aromatic carbocycles. The zero-order chi connectivity index (χ0) is 20.9. The highest BCUT2D eigenvalue weighted by Crippen LogP contribution is 2.33. The molecule has 0 aliphatic carbocycles. The Morgan fingerprint density at radius 3 is 2.90 bits per heavy atom. The summed E-state index contributed by atoms with van der Waals surface area (Å²) in [4.78, 5) is 35.8. The molecule has 0 saturated heterocycles. The first kappa shape index (κ1) is 20.2. The fourth-order valence-corrected chi connectivity index (χ4v) is 4.58. The third-order valence-corrected chi connectivity index (χ3v) is 6.02. The maximum absolute atomic E-state index is 13.0. The summed E-state index contributed by atoms with van der Waals surface area (Å²) in [6.07, 6.45) is 2.97. The van der Waals surface area contributed by atoms with Gasteiger partial charge >= 0.3 is 0 Å². The van der Waals surface area contributed by atoms with Gasteiger partial charge in [-0.25, -0.2) is 9.97 Å². The highest BCUT2D eigenvalue weighted by Gasteiger charge is 2.16. The van der Waals surface area contributed by atoms with Gasteiger partial charge in [-0.3, -0.25) is 14.2 Å². The molecule has 0 bridgehead atoms. The molecule has 1 amide bonds. The molecule has 0 saturated carbocycles. The summed E-state index contributed by atoms with van der Waals surface area (Å²) in [5.41, 5.74) is 1.02. The lowest BCUT2D eigenvalue weighted by Gasteiger charge is -2.11. The number of amides is 1. The van der Waals surface area contributed by atoms with E-state index < -0.39 is 0 Å². The van der Waals surface area contributed by atoms with Crippen molar-refractivity contribution in [2.75, 3.05) is 25.6 Å². The molecule has 0 atom stereocenters. The molecule has 4 aromatic rings. The van der Waals surface area contributed by atoms with Crippen LogP contribution in [0.15, 0.2) is 52.3 Å². The number of methoxy groups -OCH3 is 1. The second kappa shape index (κ2) is 9.16. The summed E-state index contributed by atoms with van der Waals surface area (Å²) in [5, 5.41) is 7.16. The average molecular weight is 443 g/mol. The van der Waals surface area contributed by atoms with Crippen LogP contribution >= 0.6 is 22.7 Å². The lowest BCUT2D eigenvalue weighted by Crippen LogP contribution is -2.28. The van der Waals surface area contributed by atoms with Crippen LogP contribution in [-0.4, -0.2) is 40.8 Å². The molecule has 8 nitrogen and oxygen atoms in total. The summed E-state index contributed by atoms with van der Waals surface area (Å²) in [6.45, 7) is 0.534. The Bertz CT molecular complexity index is 1220. The Morgan fingerprint density at radius 2 is 2.10 bits per heavy atom. The van der Waals surface area contributed by atoms with Gasteiger partial charge in [0.25, 0.3) is 5.56 Å². The zero-order valence-electron chi connectivity index (χ0n) is 16.0. The van der Waals surface area contributed by atoms with Crippen molar-refractivity contribution < 1.29 is 14.3 Å². The van der Waals surface area contributed by atoms with E-state index >= 15 is 0 Å². The molecule has 0 aliphatic rings. The van der Waals surface area contributed by atoms with Gasteiger partial charge < -0.3 is 14.8 Å². The van der Waals surface area contributed by atoms with Gasteiger partial charge in [0, 0.05) is 29.1 Å². The normalized spacial score (nSPS) is 11.0. The van der Waals surface area contributed by atoms with E-state index in [4.69, 9.17) is 9.47 Å². The molecule has 4 rings (SSSR count). The van der Waals surface area contributed by atoms with E-state index in [-0.39, 0.29) is 18.0 Å². The fourth-order valence-electron chi connectivity index (χ4n) is 2.86. The van der Waals surface area contributed by atoms with Crippen molar-refractivity contribution in [1.29, 1.82) is 0 Å². The van der Waals surface area contributed by atoms with Gasteiger partial charge in [-0.05, 0) is 23.6 Å². The van der Waals surface area contributed by atoms with Gasteiger partial charge in [0.05, 0.1) is 18.3 Å². The van der Waals surface area contributed by atoms with Crippen LogP contribution in [0.1, 0.15) is 0 Å². The minimum absolute atomic E-state index is 0.173. The second-order valence-corrected chi connectivity index (χ2v) is 8.04. The van der Waals surface area contributed by atoms with Gasteiger partial charge in [0.2, 0.25) is 11.8 Å². The number of thiophene rings is 2. The van der Waals surface area contributed by atoms with E-state index in [1.807, 2.05) is 22.9 Å². The van der Waals surface area contributed by atoms with Crippen molar-refractivity contribution in [2.24, 2.45) is 0 Å². The Morgan fingerprint density at radius 1 is 1.20 bits per heavy atom. The molecule has 0 spiro atoms. The molecule has 10 heteroatoms. The lowest BCUT2D eigenvalue weighted by molar-refractivity contribution is -0.116. The standard InChI is InChI=1S/C20H18N4O4S2/c1-27-7-8-28-18-14(4-2-6-21-18)23-16(25)10-24-12-22-19-17(20(24)26)13(11-30-19)15-5-3-9-29-15/h2-6,9,11-12H,7-8,10H2,1H3,(H,23,25). The minimum atomic E-state index is -0.379. The predicted molar refractivity (Wildman–Crippen MR) is 117 cm³/mol. The average Bonchev–Trinajstić information content (AvgIpc) is 3.41. The van der Waals surface area contributed by atoms with Crippen molar-refractivity contribution in [1.82, 2.24) is 14.5 Å². The number of carbonyl (C=O) groups excluding carboxylic acids is 1. The maximum Gasteiger partial charge on any atom is 0.263 e. The van der Waals surface area contributed by atoms with E-state index in [2.05, 4.69) is 15.3 Å². The van der Waals surface area contributed by atoms with Crippen LogP contribution in [0.25, 0.3) is 20.7 Å². The summed E-state index contributed by atoms with van der Waals surface area (Å²) in [7, 11) is 1.57. The Balaban J connectivity index is 1.55. The first-order chi connectivity index (χ1) is 14.7. The molecule has 30 heavy (non-hydrogen) atoms. The first-order valence-corrected chi connectivity index (χ1v) is 10.8. The lowest BCUT2D eigenvalue weighted by atomic mass is 10.2. The van der Waals surface area contributed by atoms with Gasteiger partial charge in [-0.1, -0.05) is 6.07 Å². The first-order valence-electron chi connectivity index (χ1n) is 9.04.